The Kier molecular flexibility index (Phi) is 4.26. The molecular weight excluding hydrogens is 318 g/mol. The van der Waals surface area contributed by atoms with E-state index in [-0.39, 0.29) is 6.04 Å². The minimum Gasteiger partial charge on any atom is -0.465 e. The molecule has 0 radical (unpaired) electrons. The highest BCUT2D eigenvalue weighted by Crippen LogP contribution is 2.35. The van der Waals surface area contributed by atoms with Crippen LogP contribution in [0.4, 0.5) is 0 Å². The Bertz CT molecular complexity index is 782. The highest BCUT2D eigenvalue weighted by atomic mass is 32.2. The number of nitrogens with zero attached hydrogens (tertiary/aromatic N) is 4. The summed E-state index contributed by atoms with van der Waals surface area (Å²) >= 11 is 0. The summed E-state index contributed by atoms with van der Waals surface area (Å²) in [4.78, 5) is 0. The number of aryl methyl sites for hydroxylation is 2. The summed E-state index contributed by atoms with van der Waals surface area (Å²) in [5, 5.41) is 7.74. The van der Waals surface area contributed by atoms with E-state index >= 15 is 0 Å². The van der Waals surface area contributed by atoms with Crippen LogP contribution in [0.15, 0.2) is 22.9 Å². The van der Waals surface area contributed by atoms with Crippen LogP contribution >= 0.6 is 0 Å². The zero-order valence-electron chi connectivity index (χ0n) is 13.4. The van der Waals surface area contributed by atoms with Crippen LogP contribution in [0.2, 0.25) is 0 Å². The molecule has 0 amide bonds. The van der Waals surface area contributed by atoms with Gasteiger partial charge in [-0.15, -0.1) is 10.2 Å². The molecule has 0 saturated carbocycles. The lowest BCUT2D eigenvalue weighted by Crippen LogP contribution is -2.41. The van der Waals surface area contributed by atoms with Gasteiger partial charge in [-0.05, 0) is 38.8 Å². The molecule has 1 aliphatic heterocycles. The molecule has 0 unspecified atom stereocenters. The van der Waals surface area contributed by atoms with E-state index in [4.69, 9.17) is 4.42 Å². The van der Waals surface area contributed by atoms with Crippen molar-refractivity contribution >= 4 is 10.2 Å². The van der Waals surface area contributed by atoms with Crippen LogP contribution in [0, 0.1) is 6.92 Å². The van der Waals surface area contributed by atoms with Gasteiger partial charge in [0.25, 0.3) is 10.2 Å². The molecule has 1 aliphatic rings. The van der Waals surface area contributed by atoms with E-state index in [0.29, 0.717) is 18.1 Å². The number of nitrogens with one attached hydrogen (secondary N) is 1. The van der Waals surface area contributed by atoms with Crippen molar-refractivity contribution in [2.45, 2.75) is 38.8 Å². The number of rotatable bonds is 5. The van der Waals surface area contributed by atoms with Crippen LogP contribution in [-0.4, -0.2) is 34.0 Å². The molecule has 0 aliphatic carbocycles. The van der Waals surface area contributed by atoms with E-state index < -0.39 is 16.3 Å². The van der Waals surface area contributed by atoms with Crippen molar-refractivity contribution in [3.05, 3.63) is 35.8 Å². The van der Waals surface area contributed by atoms with Crippen molar-refractivity contribution in [3.8, 4) is 0 Å². The zero-order chi connectivity index (χ0) is 16.6. The number of hydrogen-bond acceptors (Lipinski definition) is 5. The largest absolute Gasteiger partial charge is 0.465 e. The molecule has 1 fully saturated rings. The van der Waals surface area contributed by atoms with E-state index in [1.54, 1.807) is 24.9 Å². The van der Waals surface area contributed by atoms with Crippen LogP contribution in [-0.2, 0) is 17.3 Å². The quantitative estimate of drug-likeness (QED) is 0.890. The van der Waals surface area contributed by atoms with Crippen LogP contribution in [0.1, 0.15) is 49.2 Å². The van der Waals surface area contributed by atoms with Crippen LogP contribution in [0.5, 0.6) is 0 Å². The van der Waals surface area contributed by atoms with Gasteiger partial charge in [-0.25, -0.2) is 0 Å². The maximum absolute atomic E-state index is 12.8. The van der Waals surface area contributed by atoms with Gasteiger partial charge in [0.2, 0.25) is 0 Å². The van der Waals surface area contributed by atoms with Gasteiger partial charge in [-0.2, -0.15) is 17.4 Å². The van der Waals surface area contributed by atoms with E-state index in [1.165, 1.54) is 4.31 Å². The van der Waals surface area contributed by atoms with Gasteiger partial charge < -0.3 is 8.98 Å². The Morgan fingerprint density at radius 3 is 2.83 bits per heavy atom. The molecule has 23 heavy (non-hydrogen) atoms. The number of furan rings is 1. The van der Waals surface area contributed by atoms with Gasteiger partial charge in [0, 0.05) is 13.6 Å². The second kappa shape index (κ2) is 6.06. The first-order valence-corrected chi connectivity index (χ1v) is 9.02. The van der Waals surface area contributed by atoms with Gasteiger partial charge in [-0.3, -0.25) is 0 Å². The summed E-state index contributed by atoms with van der Waals surface area (Å²) in [5.74, 6) is 2.04. The second-order valence-electron chi connectivity index (χ2n) is 5.86. The molecule has 126 valence electrons. The maximum atomic E-state index is 12.8. The van der Waals surface area contributed by atoms with Gasteiger partial charge in [0.15, 0.2) is 5.82 Å². The molecule has 3 rings (SSSR count). The fraction of sp³-hybridized carbons (Fsp3) is 0.571. The minimum atomic E-state index is -3.65. The lowest BCUT2D eigenvalue weighted by molar-refractivity contribution is 0.328. The molecule has 2 aromatic heterocycles. The highest BCUT2D eigenvalue weighted by Gasteiger charge is 2.38. The molecule has 8 nitrogen and oxygen atoms in total. The molecule has 2 atom stereocenters. The molecule has 0 bridgehead atoms. The number of aromatic nitrogens is 3. The summed E-state index contributed by atoms with van der Waals surface area (Å²) in [7, 11) is -1.87. The third-order valence-corrected chi connectivity index (χ3v) is 5.77. The van der Waals surface area contributed by atoms with E-state index in [2.05, 4.69) is 14.9 Å². The third-order valence-electron chi connectivity index (χ3n) is 4.06. The summed E-state index contributed by atoms with van der Waals surface area (Å²) < 4.78 is 37.0. The van der Waals surface area contributed by atoms with Crippen molar-refractivity contribution in [3.63, 3.8) is 0 Å². The predicted octanol–water partition coefficient (Wildman–Crippen LogP) is 1.45. The van der Waals surface area contributed by atoms with E-state index in [1.807, 2.05) is 19.1 Å². The molecule has 9 heteroatoms. The molecular formula is C14H21N5O3S. The summed E-state index contributed by atoms with van der Waals surface area (Å²) in [6, 6.07) is 2.98. The molecule has 0 aromatic carbocycles. The molecule has 3 heterocycles. The Morgan fingerprint density at radius 1 is 1.43 bits per heavy atom. The smallest absolute Gasteiger partial charge is 0.280 e. The summed E-state index contributed by atoms with van der Waals surface area (Å²) in [6.07, 6.45) is 3.11. The first-order valence-electron chi connectivity index (χ1n) is 7.58. The second-order valence-corrected chi connectivity index (χ2v) is 7.52. The highest BCUT2D eigenvalue weighted by molar-refractivity contribution is 7.87. The van der Waals surface area contributed by atoms with Crippen molar-refractivity contribution < 1.29 is 12.8 Å². The fourth-order valence-electron chi connectivity index (χ4n) is 2.97. The van der Waals surface area contributed by atoms with Crippen LogP contribution in [0.3, 0.4) is 0 Å². The summed E-state index contributed by atoms with van der Waals surface area (Å²) in [6.45, 7) is 4.08. The Morgan fingerprint density at radius 2 is 2.22 bits per heavy atom. The molecule has 1 saturated heterocycles. The van der Waals surface area contributed by atoms with Crippen molar-refractivity contribution in [1.82, 2.24) is 23.8 Å². The van der Waals surface area contributed by atoms with Gasteiger partial charge in [0.1, 0.15) is 17.8 Å². The molecule has 1 N–H and O–H groups in total. The lowest BCUT2D eigenvalue weighted by Gasteiger charge is -2.24. The van der Waals surface area contributed by atoms with E-state index in [9.17, 15) is 8.42 Å². The standard InChI is InChI=1S/C14H21N5O3S/c1-10-6-7-13(22-10)12-5-4-8-19(12)23(20,21)17-11(2)14-16-15-9-18(14)3/h6-7,9,11-12,17H,4-5,8H2,1-3H3/t11-,12+/m1/s1. The maximum Gasteiger partial charge on any atom is 0.280 e. The minimum absolute atomic E-state index is 0.257. The molecule has 2 aromatic rings. The normalized spacial score (nSPS) is 20.9. The van der Waals surface area contributed by atoms with Crippen LogP contribution in [0.25, 0.3) is 0 Å². The topological polar surface area (TPSA) is 93.3 Å². The third kappa shape index (κ3) is 3.17. The average molecular weight is 339 g/mol. The Labute approximate surface area is 135 Å². The Hall–Kier alpha value is -1.71. The van der Waals surface area contributed by atoms with Gasteiger partial charge in [-0.1, -0.05) is 0 Å². The SMILES string of the molecule is Cc1ccc([C@@H]2CCCN2S(=O)(=O)N[C@H](C)c2nncn2C)o1. The van der Waals surface area contributed by atoms with Gasteiger partial charge in [0.05, 0.1) is 12.1 Å². The number of hydrogen-bond donors (Lipinski definition) is 1. The van der Waals surface area contributed by atoms with Crippen molar-refractivity contribution in [1.29, 1.82) is 0 Å². The monoisotopic (exact) mass is 339 g/mol. The van der Waals surface area contributed by atoms with Gasteiger partial charge >= 0.3 is 0 Å². The van der Waals surface area contributed by atoms with Crippen molar-refractivity contribution in [2.24, 2.45) is 7.05 Å². The predicted molar refractivity (Wildman–Crippen MR) is 83.6 cm³/mol. The van der Waals surface area contributed by atoms with E-state index in [0.717, 1.165) is 18.6 Å². The molecule has 0 spiro atoms. The average Bonchev–Trinajstić information content (AvgIpc) is 3.17. The first kappa shape index (κ1) is 16.2. The van der Waals surface area contributed by atoms with Crippen LogP contribution < -0.4 is 4.72 Å². The lowest BCUT2D eigenvalue weighted by atomic mass is 10.2. The fourth-order valence-corrected chi connectivity index (χ4v) is 4.57. The van der Waals surface area contributed by atoms with Crippen molar-refractivity contribution in [2.75, 3.05) is 6.54 Å². The summed E-state index contributed by atoms with van der Waals surface area (Å²) in [5.41, 5.74) is 0. The first-order chi connectivity index (χ1) is 10.9. The zero-order valence-corrected chi connectivity index (χ0v) is 14.2. The Balaban J connectivity index is 1.80.